The molecule has 1 aromatic carbocycles. The Balaban J connectivity index is 1.70. The van der Waals surface area contributed by atoms with Gasteiger partial charge in [-0.2, -0.15) is 0 Å². The van der Waals surface area contributed by atoms with E-state index in [1.54, 1.807) is 0 Å². The van der Waals surface area contributed by atoms with Crippen molar-refractivity contribution in [3.05, 3.63) is 34.7 Å². The van der Waals surface area contributed by atoms with Crippen LogP contribution in [0.1, 0.15) is 45.1 Å². The Hall–Kier alpha value is -2.06. The standard InChI is InChI=1S/C20H24N2O4S2/c1-3-4-15-9-11-21(12-10-15)17-7-5-16(6-8-17)13-18-19(24)22(26-14(2)23)20(27)28(18)25/h5-8,13,15H,3-4,9-12H2,1-2H3/b18-13+. The Morgan fingerprint density at radius 2 is 1.93 bits per heavy atom. The predicted molar refractivity (Wildman–Crippen MR) is 114 cm³/mol. The number of thiocarbonyl (C=S) groups is 1. The SMILES string of the molecule is CCCC1CCN(c2ccc(/C=C3\C(=O)N(OC(C)=O)C(=S)S3=O)cc2)CC1. The van der Waals surface area contributed by atoms with Crippen molar-refractivity contribution in [1.29, 1.82) is 0 Å². The van der Waals surface area contributed by atoms with Gasteiger partial charge in [0.25, 0.3) is 0 Å². The second-order valence-electron chi connectivity index (χ2n) is 7.04. The maximum absolute atomic E-state index is 12.4. The number of piperidine rings is 1. The number of anilines is 1. The maximum atomic E-state index is 12.4. The molecule has 1 atom stereocenters. The van der Waals surface area contributed by atoms with Gasteiger partial charge in [-0.25, -0.2) is 9.00 Å². The molecule has 0 bridgehead atoms. The molecule has 28 heavy (non-hydrogen) atoms. The minimum absolute atomic E-state index is 0.0133. The lowest BCUT2D eigenvalue weighted by molar-refractivity contribution is -0.176. The quantitative estimate of drug-likeness (QED) is 0.537. The summed E-state index contributed by atoms with van der Waals surface area (Å²) in [7, 11) is -1.82. The minimum atomic E-state index is -1.82. The number of nitrogens with zero attached hydrogens (tertiary/aromatic N) is 2. The Labute approximate surface area is 172 Å². The van der Waals surface area contributed by atoms with Gasteiger partial charge in [0.2, 0.25) is 4.32 Å². The molecule has 150 valence electrons. The second-order valence-corrected chi connectivity index (χ2v) is 9.05. The zero-order valence-electron chi connectivity index (χ0n) is 16.1. The normalized spacial score (nSPS) is 22.2. The van der Waals surface area contributed by atoms with Crippen LogP contribution in [0.3, 0.4) is 0 Å². The fourth-order valence-electron chi connectivity index (χ4n) is 3.58. The Bertz CT molecular complexity index is 827. The van der Waals surface area contributed by atoms with E-state index in [-0.39, 0.29) is 9.23 Å². The van der Waals surface area contributed by atoms with Crippen LogP contribution in [0.2, 0.25) is 0 Å². The molecule has 1 aromatic rings. The van der Waals surface area contributed by atoms with Gasteiger partial charge in [0.15, 0.2) is 0 Å². The largest absolute Gasteiger partial charge is 0.372 e. The van der Waals surface area contributed by atoms with Gasteiger partial charge in [0.05, 0.1) is 0 Å². The third-order valence-corrected chi connectivity index (χ3v) is 6.80. The first-order valence-electron chi connectivity index (χ1n) is 9.46. The van der Waals surface area contributed by atoms with Crippen molar-refractivity contribution in [2.75, 3.05) is 18.0 Å². The molecular weight excluding hydrogens is 396 g/mol. The topological polar surface area (TPSA) is 66.9 Å². The van der Waals surface area contributed by atoms with E-state index in [1.807, 2.05) is 24.3 Å². The number of carbonyl (C=O) groups excluding carboxylic acids is 2. The first kappa shape index (κ1) is 20.7. The Morgan fingerprint density at radius 1 is 1.29 bits per heavy atom. The van der Waals surface area contributed by atoms with Crippen LogP contribution in [0.5, 0.6) is 0 Å². The highest BCUT2D eigenvalue weighted by molar-refractivity contribution is 8.16. The number of hydrogen-bond acceptors (Lipinski definition) is 6. The summed E-state index contributed by atoms with van der Waals surface area (Å²) in [5, 5.41) is 0.633. The van der Waals surface area contributed by atoms with Crippen molar-refractivity contribution in [3.63, 3.8) is 0 Å². The van der Waals surface area contributed by atoms with E-state index in [1.165, 1.54) is 31.8 Å². The van der Waals surface area contributed by atoms with Gasteiger partial charge in [-0.3, -0.25) is 4.79 Å². The third kappa shape index (κ3) is 4.50. The lowest BCUT2D eigenvalue weighted by Crippen LogP contribution is -2.33. The molecule has 8 heteroatoms. The first-order valence-corrected chi connectivity index (χ1v) is 11.0. The highest BCUT2D eigenvalue weighted by Gasteiger charge is 2.41. The number of carbonyl (C=O) groups is 2. The van der Waals surface area contributed by atoms with Crippen LogP contribution in [-0.2, 0) is 25.2 Å². The summed E-state index contributed by atoms with van der Waals surface area (Å²) in [4.78, 5) is 30.6. The van der Waals surface area contributed by atoms with E-state index in [2.05, 4.69) is 11.8 Å². The van der Waals surface area contributed by atoms with Crippen LogP contribution < -0.4 is 4.90 Å². The van der Waals surface area contributed by atoms with Gasteiger partial charge in [0, 0.05) is 25.7 Å². The van der Waals surface area contributed by atoms with E-state index >= 15 is 0 Å². The molecule has 0 radical (unpaired) electrons. The third-order valence-electron chi connectivity index (χ3n) is 5.01. The van der Waals surface area contributed by atoms with E-state index in [9.17, 15) is 13.8 Å². The maximum Gasteiger partial charge on any atom is 0.330 e. The molecule has 2 fully saturated rings. The zero-order chi connectivity index (χ0) is 20.3. The van der Waals surface area contributed by atoms with Crippen molar-refractivity contribution >= 4 is 51.0 Å². The van der Waals surface area contributed by atoms with E-state index < -0.39 is 22.7 Å². The molecule has 0 N–H and O–H groups in total. The van der Waals surface area contributed by atoms with Crippen LogP contribution in [0.4, 0.5) is 5.69 Å². The summed E-state index contributed by atoms with van der Waals surface area (Å²) in [6.07, 6.45) is 6.52. The second kappa shape index (κ2) is 8.96. The van der Waals surface area contributed by atoms with Gasteiger partial charge >= 0.3 is 11.9 Å². The molecule has 3 rings (SSSR count). The highest BCUT2D eigenvalue weighted by atomic mass is 32.2. The van der Waals surface area contributed by atoms with Gasteiger partial charge in [-0.05, 0) is 54.7 Å². The molecule has 1 unspecified atom stereocenters. The molecule has 2 aliphatic heterocycles. The van der Waals surface area contributed by atoms with Crippen LogP contribution in [0.25, 0.3) is 6.08 Å². The van der Waals surface area contributed by atoms with E-state index in [0.29, 0.717) is 5.06 Å². The van der Waals surface area contributed by atoms with Gasteiger partial charge in [-0.15, -0.1) is 5.06 Å². The number of amides is 1. The number of benzene rings is 1. The lowest BCUT2D eigenvalue weighted by Gasteiger charge is -2.33. The smallest absolute Gasteiger partial charge is 0.330 e. The monoisotopic (exact) mass is 420 g/mol. The van der Waals surface area contributed by atoms with Crippen LogP contribution in [-0.4, -0.2) is 38.6 Å². The average molecular weight is 421 g/mol. The van der Waals surface area contributed by atoms with Gasteiger partial charge in [0.1, 0.15) is 15.7 Å². The molecule has 6 nitrogen and oxygen atoms in total. The molecule has 0 aromatic heterocycles. The summed E-state index contributed by atoms with van der Waals surface area (Å²) in [6, 6.07) is 7.80. The molecule has 2 saturated heterocycles. The zero-order valence-corrected chi connectivity index (χ0v) is 17.7. The average Bonchev–Trinajstić information content (AvgIpc) is 2.87. The molecule has 2 heterocycles. The number of hydrogen-bond donors (Lipinski definition) is 0. The van der Waals surface area contributed by atoms with Crippen LogP contribution in [0.15, 0.2) is 29.2 Å². The number of hydroxylamine groups is 2. The Morgan fingerprint density at radius 3 is 2.50 bits per heavy atom. The van der Waals surface area contributed by atoms with E-state index in [4.69, 9.17) is 17.1 Å². The fraction of sp³-hybridized carbons (Fsp3) is 0.450. The fourth-order valence-corrected chi connectivity index (χ4v) is 4.91. The summed E-state index contributed by atoms with van der Waals surface area (Å²) in [6.45, 7) is 5.50. The van der Waals surface area contributed by atoms with Crippen LogP contribution in [0, 0.1) is 5.92 Å². The summed E-state index contributed by atoms with van der Waals surface area (Å²) < 4.78 is 12.1. The Kier molecular flexibility index (Phi) is 6.61. The lowest BCUT2D eigenvalue weighted by atomic mass is 9.92. The van der Waals surface area contributed by atoms with Crippen molar-refractivity contribution in [3.8, 4) is 0 Å². The molecule has 0 saturated carbocycles. The predicted octanol–water partition coefficient (Wildman–Crippen LogP) is 3.40. The van der Waals surface area contributed by atoms with Gasteiger partial charge < -0.3 is 9.74 Å². The molecule has 0 spiro atoms. The molecule has 0 aliphatic carbocycles. The van der Waals surface area contributed by atoms with Gasteiger partial charge in [-0.1, -0.05) is 31.9 Å². The van der Waals surface area contributed by atoms with Crippen molar-refractivity contribution in [1.82, 2.24) is 5.06 Å². The van der Waals surface area contributed by atoms with Crippen LogP contribution >= 0.6 is 12.2 Å². The molecule has 2 aliphatic rings. The van der Waals surface area contributed by atoms with Crippen molar-refractivity contribution < 1.29 is 18.6 Å². The van der Waals surface area contributed by atoms with Crippen molar-refractivity contribution in [2.24, 2.45) is 5.92 Å². The number of rotatable bonds is 5. The van der Waals surface area contributed by atoms with E-state index in [0.717, 1.165) is 37.2 Å². The van der Waals surface area contributed by atoms with Crippen molar-refractivity contribution in [2.45, 2.75) is 39.5 Å². The summed E-state index contributed by atoms with van der Waals surface area (Å²) in [5.74, 6) is -0.528. The molecular formula is C20H24N2O4S2. The molecule has 1 amide bonds. The highest BCUT2D eigenvalue weighted by Crippen LogP contribution is 2.28. The summed E-state index contributed by atoms with van der Waals surface area (Å²) in [5.41, 5.74) is 1.89. The summed E-state index contributed by atoms with van der Waals surface area (Å²) >= 11 is 4.97. The minimum Gasteiger partial charge on any atom is -0.372 e. The first-order chi connectivity index (χ1) is 13.4.